The molecule has 1 nitrogen and oxygen atoms in total. The Morgan fingerprint density at radius 3 is 2.50 bits per heavy atom. The largest absolute Gasteiger partial charge is 0.392 e. The van der Waals surface area contributed by atoms with Gasteiger partial charge in [-0.1, -0.05) is 33.8 Å². The van der Waals surface area contributed by atoms with Gasteiger partial charge in [0.15, 0.2) is 0 Å². The molecule has 2 aromatic rings. The Kier molecular flexibility index (Phi) is 4.49. The molecule has 0 heterocycles. The van der Waals surface area contributed by atoms with Gasteiger partial charge in [0.25, 0.3) is 0 Å². The number of aliphatic hydroxyl groups is 1. The zero-order valence-corrected chi connectivity index (χ0v) is 12.8. The lowest BCUT2D eigenvalue weighted by Crippen LogP contribution is -1.88. The van der Waals surface area contributed by atoms with Gasteiger partial charge >= 0.3 is 0 Å². The molecular formula is C15H15BrOS. The van der Waals surface area contributed by atoms with Crippen LogP contribution in [0.4, 0.5) is 0 Å². The van der Waals surface area contributed by atoms with E-state index < -0.39 is 0 Å². The van der Waals surface area contributed by atoms with Gasteiger partial charge in [-0.25, -0.2) is 0 Å². The molecular weight excluding hydrogens is 308 g/mol. The summed E-state index contributed by atoms with van der Waals surface area (Å²) in [5.41, 5.74) is 3.55. The van der Waals surface area contributed by atoms with Gasteiger partial charge in [0, 0.05) is 14.3 Å². The lowest BCUT2D eigenvalue weighted by Gasteiger charge is -2.09. The summed E-state index contributed by atoms with van der Waals surface area (Å²) in [6.45, 7) is 4.29. The number of aryl methyl sites for hydroxylation is 2. The molecule has 2 rings (SSSR count). The van der Waals surface area contributed by atoms with Gasteiger partial charge in [-0.3, -0.25) is 0 Å². The smallest absolute Gasteiger partial charge is 0.0693 e. The van der Waals surface area contributed by atoms with Crippen LogP contribution in [-0.4, -0.2) is 5.11 Å². The average molecular weight is 323 g/mol. The van der Waals surface area contributed by atoms with Crippen LogP contribution in [0.5, 0.6) is 0 Å². The van der Waals surface area contributed by atoms with Crippen LogP contribution in [0.25, 0.3) is 0 Å². The second kappa shape index (κ2) is 5.91. The summed E-state index contributed by atoms with van der Waals surface area (Å²) in [4.78, 5) is 2.30. The molecule has 0 radical (unpaired) electrons. The van der Waals surface area contributed by atoms with Crippen molar-refractivity contribution in [1.82, 2.24) is 0 Å². The molecule has 0 aliphatic heterocycles. The first kappa shape index (κ1) is 13.7. The molecule has 1 N–H and O–H groups in total. The number of rotatable bonds is 3. The van der Waals surface area contributed by atoms with Gasteiger partial charge in [0.1, 0.15) is 0 Å². The highest BCUT2D eigenvalue weighted by Gasteiger charge is 2.05. The summed E-state index contributed by atoms with van der Waals surface area (Å²) in [6, 6.07) is 12.4. The zero-order chi connectivity index (χ0) is 13.1. The maximum atomic E-state index is 9.39. The minimum absolute atomic E-state index is 0.0621. The third kappa shape index (κ3) is 3.16. The van der Waals surface area contributed by atoms with E-state index in [4.69, 9.17) is 0 Å². The molecule has 0 fully saturated rings. The fourth-order valence-corrected chi connectivity index (χ4v) is 3.10. The van der Waals surface area contributed by atoms with Crippen molar-refractivity contribution >= 4 is 27.7 Å². The van der Waals surface area contributed by atoms with Gasteiger partial charge in [-0.2, -0.15) is 0 Å². The quantitative estimate of drug-likeness (QED) is 0.883. The molecule has 3 heteroatoms. The molecule has 0 aliphatic carbocycles. The van der Waals surface area contributed by atoms with E-state index in [1.54, 1.807) is 11.8 Å². The number of hydrogen-bond acceptors (Lipinski definition) is 2. The Labute approximate surface area is 120 Å². The van der Waals surface area contributed by atoms with Crippen molar-refractivity contribution in [3.63, 3.8) is 0 Å². The third-order valence-electron chi connectivity index (χ3n) is 2.90. The number of hydrogen-bond donors (Lipinski definition) is 1. The van der Waals surface area contributed by atoms with Gasteiger partial charge < -0.3 is 5.11 Å². The molecule has 0 spiro atoms. The van der Waals surface area contributed by atoms with Gasteiger partial charge in [-0.15, -0.1) is 0 Å². The van der Waals surface area contributed by atoms with Gasteiger partial charge in [0.2, 0.25) is 0 Å². The van der Waals surface area contributed by atoms with Crippen LogP contribution in [0.15, 0.2) is 50.7 Å². The van der Waals surface area contributed by atoms with Crippen LogP contribution >= 0.6 is 27.7 Å². The molecule has 94 valence electrons. The fourth-order valence-electron chi connectivity index (χ4n) is 1.68. The normalized spacial score (nSPS) is 10.7. The van der Waals surface area contributed by atoms with Crippen LogP contribution in [0.3, 0.4) is 0 Å². The highest BCUT2D eigenvalue weighted by Crippen LogP contribution is 2.33. The first-order valence-corrected chi connectivity index (χ1v) is 7.35. The number of aliphatic hydroxyl groups excluding tert-OH is 1. The maximum absolute atomic E-state index is 9.39. The minimum Gasteiger partial charge on any atom is -0.392 e. The Morgan fingerprint density at radius 2 is 1.83 bits per heavy atom. The van der Waals surface area contributed by atoms with E-state index in [0.29, 0.717) is 0 Å². The van der Waals surface area contributed by atoms with Crippen molar-refractivity contribution in [1.29, 1.82) is 0 Å². The molecule has 0 saturated carbocycles. The van der Waals surface area contributed by atoms with E-state index in [1.165, 1.54) is 16.0 Å². The first-order valence-electron chi connectivity index (χ1n) is 5.74. The highest BCUT2D eigenvalue weighted by molar-refractivity contribution is 9.10. The van der Waals surface area contributed by atoms with Crippen molar-refractivity contribution < 1.29 is 5.11 Å². The Hall–Kier alpha value is -0.770. The first-order chi connectivity index (χ1) is 8.60. The van der Waals surface area contributed by atoms with E-state index in [0.717, 1.165) is 14.9 Å². The summed E-state index contributed by atoms with van der Waals surface area (Å²) < 4.78 is 0.996. The van der Waals surface area contributed by atoms with Crippen molar-refractivity contribution in [2.45, 2.75) is 30.2 Å². The van der Waals surface area contributed by atoms with Crippen molar-refractivity contribution in [2.75, 3.05) is 0 Å². The molecule has 0 bridgehead atoms. The van der Waals surface area contributed by atoms with E-state index in [-0.39, 0.29) is 6.61 Å². The van der Waals surface area contributed by atoms with Gasteiger partial charge in [-0.05, 0) is 60.9 Å². The topological polar surface area (TPSA) is 20.2 Å². The molecule has 0 aromatic heterocycles. The van der Waals surface area contributed by atoms with E-state index in [1.807, 2.05) is 18.2 Å². The third-order valence-corrected chi connectivity index (χ3v) is 4.50. The Balaban J connectivity index is 2.30. The summed E-state index contributed by atoms with van der Waals surface area (Å²) in [7, 11) is 0. The predicted octanol–water partition coefficient (Wildman–Crippen LogP) is 4.71. The SMILES string of the molecule is Cc1ccc(Sc2ccc(Br)cc2CO)cc1C. The number of halogens is 1. The summed E-state index contributed by atoms with van der Waals surface area (Å²) in [6.07, 6.45) is 0. The highest BCUT2D eigenvalue weighted by atomic mass is 79.9. The van der Waals surface area contributed by atoms with Crippen molar-refractivity contribution in [2.24, 2.45) is 0 Å². The average Bonchev–Trinajstić information content (AvgIpc) is 2.36. The molecule has 0 unspecified atom stereocenters. The van der Waals surface area contributed by atoms with Crippen LogP contribution < -0.4 is 0 Å². The lowest BCUT2D eigenvalue weighted by atomic mass is 10.1. The summed E-state index contributed by atoms with van der Waals surface area (Å²) in [5.74, 6) is 0. The Bertz CT molecular complexity index is 566. The Morgan fingerprint density at radius 1 is 1.06 bits per heavy atom. The fraction of sp³-hybridized carbons (Fsp3) is 0.200. The predicted molar refractivity (Wildman–Crippen MR) is 80.1 cm³/mol. The van der Waals surface area contributed by atoms with Crippen LogP contribution in [0.2, 0.25) is 0 Å². The summed E-state index contributed by atoms with van der Waals surface area (Å²) >= 11 is 5.11. The maximum Gasteiger partial charge on any atom is 0.0693 e. The van der Waals surface area contributed by atoms with E-state index in [2.05, 4.69) is 48.0 Å². The monoisotopic (exact) mass is 322 g/mol. The molecule has 18 heavy (non-hydrogen) atoms. The van der Waals surface area contributed by atoms with Crippen LogP contribution in [0, 0.1) is 13.8 Å². The summed E-state index contributed by atoms with van der Waals surface area (Å²) in [5, 5.41) is 9.39. The van der Waals surface area contributed by atoms with Crippen molar-refractivity contribution in [3.8, 4) is 0 Å². The standard InChI is InChI=1S/C15H15BrOS/c1-10-3-5-14(7-11(10)2)18-15-6-4-13(16)8-12(15)9-17/h3-8,17H,9H2,1-2H3. The van der Waals surface area contributed by atoms with Crippen LogP contribution in [0.1, 0.15) is 16.7 Å². The molecule has 0 saturated heterocycles. The molecule has 0 atom stereocenters. The van der Waals surface area contributed by atoms with E-state index >= 15 is 0 Å². The minimum atomic E-state index is 0.0621. The molecule has 0 amide bonds. The number of benzene rings is 2. The zero-order valence-electron chi connectivity index (χ0n) is 10.4. The van der Waals surface area contributed by atoms with Gasteiger partial charge in [0.05, 0.1) is 6.61 Å². The molecule has 2 aromatic carbocycles. The second-order valence-corrected chi connectivity index (χ2v) is 6.29. The van der Waals surface area contributed by atoms with E-state index in [9.17, 15) is 5.11 Å². The second-order valence-electron chi connectivity index (χ2n) is 4.26. The lowest BCUT2D eigenvalue weighted by molar-refractivity contribution is 0.279. The molecule has 0 aliphatic rings. The van der Waals surface area contributed by atoms with Crippen molar-refractivity contribution in [3.05, 3.63) is 57.6 Å². The van der Waals surface area contributed by atoms with Crippen LogP contribution in [-0.2, 0) is 6.61 Å².